The van der Waals surface area contributed by atoms with E-state index >= 15 is 0 Å². The van der Waals surface area contributed by atoms with Crippen LogP contribution in [0.4, 0.5) is 5.82 Å². The summed E-state index contributed by atoms with van der Waals surface area (Å²) in [5.41, 5.74) is 2.23. The highest BCUT2D eigenvalue weighted by Crippen LogP contribution is 2.15. The standard InChI is InChI=1S/C21H25N7O3/c1-4-31-20(30)16-5-6-18(22-13-16)26-7-9-27(10-8-26)19(29)12-17-24-21-23-14(2)11-15(3)28(21)25-17/h5-6,11,13H,4,7-10,12H2,1-3H3. The molecule has 3 aromatic rings. The summed E-state index contributed by atoms with van der Waals surface area (Å²) in [5, 5.41) is 4.42. The number of carbonyl (C=O) groups is 2. The summed E-state index contributed by atoms with van der Waals surface area (Å²) in [7, 11) is 0. The summed E-state index contributed by atoms with van der Waals surface area (Å²) in [5.74, 6) is 1.39. The normalized spacial score (nSPS) is 14.2. The van der Waals surface area contributed by atoms with Crippen LogP contribution in [0.5, 0.6) is 0 Å². The van der Waals surface area contributed by atoms with Gasteiger partial charge in [-0.05, 0) is 39.0 Å². The Kier molecular flexibility index (Phi) is 5.79. The van der Waals surface area contributed by atoms with Crippen molar-refractivity contribution in [1.29, 1.82) is 0 Å². The number of rotatable bonds is 5. The maximum Gasteiger partial charge on any atom is 0.339 e. The molecule has 4 rings (SSSR count). The van der Waals surface area contributed by atoms with Gasteiger partial charge in [0.1, 0.15) is 5.82 Å². The Morgan fingerprint density at radius 1 is 1.10 bits per heavy atom. The van der Waals surface area contributed by atoms with E-state index in [1.807, 2.05) is 30.9 Å². The highest BCUT2D eigenvalue weighted by atomic mass is 16.5. The average molecular weight is 423 g/mol. The highest BCUT2D eigenvalue weighted by Gasteiger charge is 2.23. The number of carbonyl (C=O) groups excluding carboxylic acids is 2. The number of ether oxygens (including phenoxy) is 1. The van der Waals surface area contributed by atoms with Crippen LogP contribution < -0.4 is 4.90 Å². The number of pyridine rings is 1. The van der Waals surface area contributed by atoms with Crippen molar-refractivity contribution < 1.29 is 14.3 Å². The molecule has 1 aliphatic heterocycles. The fraction of sp³-hybridized carbons (Fsp3) is 0.429. The van der Waals surface area contributed by atoms with Gasteiger partial charge in [-0.15, -0.1) is 5.10 Å². The summed E-state index contributed by atoms with van der Waals surface area (Å²) < 4.78 is 6.65. The van der Waals surface area contributed by atoms with Crippen molar-refractivity contribution >= 4 is 23.5 Å². The predicted octanol–water partition coefficient (Wildman–Crippen LogP) is 1.20. The van der Waals surface area contributed by atoms with Crippen LogP contribution in [0.25, 0.3) is 5.78 Å². The van der Waals surface area contributed by atoms with Crippen molar-refractivity contribution in [3.63, 3.8) is 0 Å². The van der Waals surface area contributed by atoms with Crippen molar-refractivity contribution in [2.45, 2.75) is 27.2 Å². The molecule has 0 N–H and O–H groups in total. The maximum atomic E-state index is 12.8. The van der Waals surface area contributed by atoms with Crippen LogP contribution in [0.15, 0.2) is 24.4 Å². The second-order valence-electron chi connectivity index (χ2n) is 7.45. The number of aromatic nitrogens is 5. The lowest BCUT2D eigenvalue weighted by Crippen LogP contribution is -2.49. The Balaban J connectivity index is 1.35. The molecule has 1 saturated heterocycles. The molecule has 0 atom stereocenters. The molecule has 0 aromatic carbocycles. The van der Waals surface area contributed by atoms with Crippen LogP contribution in [0, 0.1) is 13.8 Å². The molecule has 1 aliphatic rings. The maximum absolute atomic E-state index is 12.8. The van der Waals surface area contributed by atoms with E-state index in [4.69, 9.17) is 4.74 Å². The molecule has 0 radical (unpaired) electrons. The quantitative estimate of drug-likeness (QED) is 0.564. The Bertz CT molecular complexity index is 1100. The van der Waals surface area contributed by atoms with Gasteiger partial charge in [-0.25, -0.2) is 19.3 Å². The number of hydrogen-bond donors (Lipinski definition) is 0. The molecule has 0 aliphatic carbocycles. The molecule has 0 bridgehead atoms. The van der Waals surface area contributed by atoms with Crippen molar-refractivity contribution in [3.05, 3.63) is 47.2 Å². The van der Waals surface area contributed by atoms with Crippen LogP contribution in [0.1, 0.15) is 34.5 Å². The summed E-state index contributed by atoms with van der Waals surface area (Å²) in [6, 6.07) is 5.45. The SMILES string of the molecule is CCOC(=O)c1ccc(N2CCN(C(=O)Cc3nc4nc(C)cc(C)n4n3)CC2)nc1. The number of aryl methyl sites for hydroxylation is 2. The van der Waals surface area contributed by atoms with Gasteiger partial charge < -0.3 is 14.5 Å². The lowest BCUT2D eigenvalue weighted by atomic mass is 10.2. The zero-order chi connectivity index (χ0) is 22.0. The van der Waals surface area contributed by atoms with Crippen molar-refractivity contribution in [3.8, 4) is 0 Å². The Morgan fingerprint density at radius 3 is 2.55 bits per heavy atom. The van der Waals surface area contributed by atoms with Gasteiger partial charge in [-0.3, -0.25) is 4.79 Å². The van der Waals surface area contributed by atoms with Crippen molar-refractivity contribution in [2.75, 3.05) is 37.7 Å². The minimum Gasteiger partial charge on any atom is -0.462 e. The van der Waals surface area contributed by atoms with E-state index in [-0.39, 0.29) is 18.3 Å². The van der Waals surface area contributed by atoms with Gasteiger partial charge in [-0.1, -0.05) is 0 Å². The summed E-state index contributed by atoms with van der Waals surface area (Å²) in [4.78, 5) is 41.6. The zero-order valence-corrected chi connectivity index (χ0v) is 17.9. The lowest BCUT2D eigenvalue weighted by Gasteiger charge is -2.35. The molecular formula is C21H25N7O3. The van der Waals surface area contributed by atoms with E-state index in [1.54, 1.807) is 17.5 Å². The van der Waals surface area contributed by atoms with Crippen molar-refractivity contribution in [1.82, 2.24) is 29.5 Å². The first-order chi connectivity index (χ1) is 14.9. The van der Waals surface area contributed by atoms with Gasteiger partial charge in [0.15, 0.2) is 5.82 Å². The number of esters is 1. The van der Waals surface area contributed by atoms with Crippen molar-refractivity contribution in [2.24, 2.45) is 0 Å². The fourth-order valence-electron chi connectivity index (χ4n) is 3.62. The van der Waals surface area contributed by atoms with Gasteiger partial charge in [0.05, 0.1) is 18.6 Å². The van der Waals surface area contributed by atoms with Crippen LogP contribution in [0.3, 0.4) is 0 Å². The molecule has 10 heteroatoms. The van der Waals surface area contributed by atoms with E-state index in [0.717, 1.165) is 17.2 Å². The summed E-state index contributed by atoms with van der Waals surface area (Å²) in [6.45, 7) is 8.45. The fourth-order valence-corrected chi connectivity index (χ4v) is 3.62. The second kappa shape index (κ2) is 8.66. The molecule has 10 nitrogen and oxygen atoms in total. The van der Waals surface area contributed by atoms with Crippen LogP contribution in [0.2, 0.25) is 0 Å². The van der Waals surface area contributed by atoms with E-state index in [2.05, 4.69) is 25.0 Å². The van der Waals surface area contributed by atoms with E-state index < -0.39 is 0 Å². The van der Waals surface area contributed by atoms with E-state index in [9.17, 15) is 9.59 Å². The Morgan fingerprint density at radius 2 is 1.87 bits per heavy atom. The first kappa shape index (κ1) is 20.7. The lowest BCUT2D eigenvalue weighted by molar-refractivity contribution is -0.130. The van der Waals surface area contributed by atoms with Gasteiger partial charge in [0.25, 0.3) is 5.78 Å². The van der Waals surface area contributed by atoms with Gasteiger partial charge in [-0.2, -0.15) is 4.98 Å². The number of nitrogens with zero attached hydrogens (tertiary/aromatic N) is 7. The Hall–Kier alpha value is -3.56. The molecule has 31 heavy (non-hydrogen) atoms. The minimum absolute atomic E-state index is 0.00412. The zero-order valence-electron chi connectivity index (χ0n) is 17.9. The largest absolute Gasteiger partial charge is 0.462 e. The number of piperazine rings is 1. The first-order valence-electron chi connectivity index (χ1n) is 10.3. The molecular weight excluding hydrogens is 398 g/mol. The predicted molar refractivity (Wildman–Crippen MR) is 113 cm³/mol. The smallest absolute Gasteiger partial charge is 0.339 e. The number of amides is 1. The molecule has 1 amide bonds. The third-order valence-electron chi connectivity index (χ3n) is 5.19. The van der Waals surface area contributed by atoms with Gasteiger partial charge >= 0.3 is 5.97 Å². The van der Waals surface area contributed by atoms with E-state index in [0.29, 0.717) is 50.0 Å². The van der Waals surface area contributed by atoms with Crippen LogP contribution >= 0.6 is 0 Å². The average Bonchev–Trinajstić information content (AvgIpc) is 3.16. The van der Waals surface area contributed by atoms with Crippen LogP contribution in [-0.2, 0) is 16.0 Å². The number of hydrogen-bond acceptors (Lipinski definition) is 8. The number of fused-ring (bicyclic) bond motifs is 1. The topological polar surface area (TPSA) is 106 Å². The molecule has 0 saturated carbocycles. The van der Waals surface area contributed by atoms with Crippen LogP contribution in [-0.4, -0.2) is 74.1 Å². The molecule has 162 valence electrons. The van der Waals surface area contributed by atoms with E-state index in [1.165, 1.54) is 6.20 Å². The minimum atomic E-state index is -0.377. The third kappa shape index (κ3) is 4.47. The highest BCUT2D eigenvalue weighted by molar-refractivity contribution is 5.89. The third-order valence-corrected chi connectivity index (χ3v) is 5.19. The monoisotopic (exact) mass is 423 g/mol. The molecule has 4 heterocycles. The molecule has 0 unspecified atom stereocenters. The molecule has 3 aromatic heterocycles. The number of anilines is 1. The molecule has 1 fully saturated rings. The summed E-state index contributed by atoms with van der Waals surface area (Å²) >= 11 is 0. The molecule has 0 spiro atoms. The van der Waals surface area contributed by atoms with Gasteiger partial charge in [0, 0.05) is 43.8 Å². The second-order valence-corrected chi connectivity index (χ2v) is 7.45. The van der Waals surface area contributed by atoms with Gasteiger partial charge in [0.2, 0.25) is 5.91 Å². The Labute approximate surface area is 179 Å². The first-order valence-corrected chi connectivity index (χ1v) is 10.3. The summed E-state index contributed by atoms with van der Waals surface area (Å²) in [6.07, 6.45) is 1.67.